The third-order valence-corrected chi connectivity index (χ3v) is 2.65. The summed E-state index contributed by atoms with van der Waals surface area (Å²) in [6.07, 6.45) is 1.78. The van der Waals surface area contributed by atoms with Gasteiger partial charge in [-0.25, -0.2) is 8.78 Å². The van der Waals surface area contributed by atoms with Gasteiger partial charge in [-0.3, -0.25) is 0 Å². The van der Waals surface area contributed by atoms with Crippen LogP contribution in [-0.2, 0) is 6.42 Å². The summed E-state index contributed by atoms with van der Waals surface area (Å²) < 4.78 is 31.6. The Morgan fingerprint density at radius 2 is 2.12 bits per heavy atom. The molecule has 0 fully saturated rings. The summed E-state index contributed by atoms with van der Waals surface area (Å²) in [7, 11) is 0. The molecule has 0 aliphatic heterocycles. The lowest BCUT2D eigenvalue weighted by Gasteiger charge is -2.10. The van der Waals surface area contributed by atoms with Crippen LogP contribution >= 0.6 is 0 Å². The zero-order valence-corrected chi connectivity index (χ0v) is 9.41. The molecule has 2 nitrogen and oxygen atoms in total. The van der Waals surface area contributed by atoms with E-state index >= 15 is 0 Å². The molecular weight excluding hydrogens is 224 g/mol. The second-order valence-electron chi connectivity index (χ2n) is 4.01. The Balaban J connectivity index is 2.18. The van der Waals surface area contributed by atoms with E-state index in [1.165, 1.54) is 18.4 Å². The molecule has 0 aliphatic carbocycles. The molecule has 2 aromatic rings. The highest BCUT2D eigenvalue weighted by Crippen LogP contribution is 2.21. The molecule has 1 heterocycles. The summed E-state index contributed by atoms with van der Waals surface area (Å²) in [4.78, 5) is 0. The van der Waals surface area contributed by atoms with Gasteiger partial charge < -0.3 is 10.2 Å². The van der Waals surface area contributed by atoms with Gasteiger partial charge in [0.15, 0.2) is 11.6 Å². The lowest BCUT2D eigenvalue weighted by molar-refractivity contribution is 0.493. The maximum atomic E-state index is 13.4. The van der Waals surface area contributed by atoms with E-state index in [1.54, 1.807) is 13.0 Å². The average molecular weight is 237 g/mol. The largest absolute Gasteiger partial charge is 0.469 e. The fourth-order valence-corrected chi connectivity index (χ4v) is 1.72. The van der Waals surface area contributed by atoms with Crippen LogP contribution < -0.4 is 5.73 Å². The zero-order valence-electron chi connectivity index (χ0n) is 9.41. The van der Waals surface area contributed by atoms with E-state index in [2.05, 4.69) is 0 Å². The monoisotopic (exact) mass is 237 g/mol. The average Bonchev–Trinajstić information content (AvgIpc) is 2.72. The first-order valence-electron chi connectivity index (χ1n) is 5.31. The van der Waals surface area contributed by atoms with E-state index in [-0.39, 0.29) is 12.0 Å². The predicted octanol–water partition coefficient (Wildman–Crippen LogP) is 3.11. The van der Waals surface area contributed by atoms with Gasteiger partial charge in [0.25, 0.3) is 0 Å². The number of rotatable bonds is 3. The van der Waals surface area contributed by atoms with Gasteiger partial charge in [-0.15, -0.1) is 0 Å². The van der Waals surface area contributed by atoms with Crippen molar-refractivity contribution in [3.05, 3.63) is 59.1 Å². The summed E-state index contributed by atoms with van der Waals surface area (Å²) in [5.74, 6) is -0.934. The van der Waals surface area contributed by atoms with Crippen LogP contribution in [0.3, 0.4) is 0 Å². The summed E-state index contributed by atoms with van der Waals surface area (Å²) in [6, 6.07) is 5.49. The van der Waals surface area contributed by atoms with Crippen LogP contribution in [0.15, 0.2) is 34.9 Å². The molecule has 1 atom stereocenters. The molecule has 0 saturated heterocycles. The first kappa shape index (κ1) is 11.8. The van der Waals surface area contributed by atoms with Gasteiger partial charge in [0.2, 0.25) is 0 Å². The van der Waals surface area contributed by atoms with Crippen LogP contribution in [0.5, 0.6) is 0 Å². The number of furan rings is 1. The van der Waals surface area contributed by atoms with Gasteiger partial charge in [-0.2, -0.15) is 0 Å². The molecule has 1 aromatic carbocycles. The number of aryl methyl sites for hydroxylation is 1. The first-order valence-corrected chi connectivity index (χ1v) is 5.31. The minimum Gasteiger partial charge on any atom is -0.469 e. The molecule has 1 unspecified atom stereocenters. The highest BCUT2D eigenvalue weighted by molar-refractivity contribution is 5.24. The molecule has 0 radical (unpaired) electrons. The summed E-state index contributed by atoms with van der Waals surface area (Å²) in [6.45, 7) is 1.80. The van der Waals surface area contributed by atoms with E-state index < -0.39 is 17.7 Å². The Morgan fingerprint density at radius 3 is 2.76 bits per heavy atom. The second-order valence-corrected chi connectivity index (χ2v) is 4.01. The van der Waals surface area contributed by atoms with Crippen molar-refractivity contribution in [1.29, 1.82) is 0 Å². The smallest absolute Gasteiger partial charge is 0.162 e. The number of nitrogens with two attached hydrogens (primary N) is 1. The fraction of sp³-hybridized carbons (Fsp3) is 0.231. The standard InChI is InChI=1S/C13H13F2NO/c1-8-5-10(7-17-8)12(16)6-9-3-2-4-11(14)13(9)15/h2-5,7,12H,6,16H2,1H3. The Labute approximate surface area is 98.0 Å². The van der Waals surface area contributed by atoms with Crippen molar-refractivity contribution >= 4 is 0 Å². The quantitative estimate of drug-likeness (QED) is 0.890. The normalized spacial score (nSPS) is 12.7. The number of hydrogen-bond acceptors (Lipinski definition) is 2. The Kier molecular flexibility index (Phi) is 3.24. The number of halogens is 2. The Bertz CT molecular complexity index is 522. The first-order chi connectivity index (χ1) is 8.08. The predicted molar refractivity (Wildman–Crippen MR) is 60.4 cm³/mol. The molecule has 90 valence electrons. The van der Waals surface area contributed by atoms with Crippen molar-refractivity contribution < 1.29 is 13.2 Å². The van der Waals surface area contributed by atoms with E-state index in [0.717, 1.165) is 17.4 Å². The summed E-state index contributed by atoms with van der Waals surface area (Å²) in [5.41, 5.74) is 6.97. The Hall–Kier alpha value is -1.68. The molecule has 1 aromatic heterocycles. The zero-order chi connectivity index (χ0) is 12.4. The number of benzene rings is 1. The van der Waals surface area contributed by atoms with Crippen LogP contribution in [0.1, 0.15) is 22.9 Å². The van der Waals surface area contributed by atoms with E-state index in [4.69, 9.17) is 10.2 Å². The fourth-order valence-electron chi connectivity index (χ4n) is 1.72. The summed E-state index contributed by atoms with van der Waals surface area (Å²) in [5, 5.41) is 0. The van der Waals surface area contributed by atoms with Crippen LogP contribution in [0.4, 0.5) is 8.78 Å². The van der Waals surface area contributed by atoms with Crippen molar-refractivity contribution in [2.45, 2.75) is 19.4 Å². The molecule has 4 heteroatoms. The molecule has 0 amide bonds. The van der Waals surface area contributed by atoms with E-state index in [0.29, 0.717) is 0 Å². The number of hydrogen-bond donors (Lipinski definition) is 1. The van der Waals surface area contributed by atoms with Crippen LogP contribution in [0, 0.1) is 18.6 Å². The van der Waals surface area contributed by atoms with E-state index in [9.17, 15) is 8.78 Å². The van der Waals surface area contributed by atoms with Crippen molar-refractivity contribution in [1.82, 2.24) is 0 Å². The van der Waals surface area contributed by atoms with Gasteiger partial charge in [0.1, 0.15) is 5.76 Å². The molecule has 2 N–H and O–H groups in total. The molecule has 0 aliphatic rings. The summed E-state index contributed by atoms with van der Waals surface area (Å²) >= 11 is 0. The van der Waals surface area contributed by atoms with Gasteiger partial charge in [-0.1, -0.05) is 12.1 Å². The second kappa shape index (κ2) is 4.67. The highest BCUT2D eigenvalue weighted by Gasteiger charge is 2.14. The highest BCUT2D eigenvalue weighted by atomic mass is 19.2. The van der Waals surface area contributed by atoms with Gasteiger partial charge in [-0.05, 0) is 31.0 Å². The lowest BCUT2D eigenvalue weighted by atomic mass is 10.0. The lowest BCUT2D eigenvalue weighted by Crippen LogP contribution is -2.13. The molecular formula is C13H13F2NO. The third-order valence-electron chi connectivity index (χ3n) is 2.65. The minimum atomic E-state index is -0.849. The molecule has 17 heavy (non-hydrogen) atoms. The molecule has 2 rings (SSSR count). The van der Waals surface area contributed by atoms with Gasteiger partial charge in [0.05, 0.1) is 6.26 Å². The van der Waals surface area contributed by atoms with Crippen molar-refractivity contribution in [2.75, 3.05) is 0 Å². The minimum absolute atomic E-state index is 0.239. The van der Waals surface area contributed by atoms with Gasteiger partial charge in [0, 0.05) is 11.6 Å². The van der Waals surface area contributed by atoms with Crippen molar-refractivity contribution in [2.24, 2.45) is 5.73 Å². The Morgan fingerprint density at radius 1 is 1.35 bits per heavy atom. The van der Waals surface area contributed by atoms with Crippen LogP contribution in [0.2, 0.25) is 0 Å². The molecule has 0 spiro atoms. The van der Waals surface area contributed by atoms with Gasteiger partial charge >= 0.3 is 0 Å². The SMILES string of the molecule is Cc1cc(C(N)Cc2cccc(F)c2F)co1. The van der Waals surface area contributed by atoms with Crippen LogP contribution in [0.25, 0.3) is 0 Å². The van der Waals surface area contributed by atoms with E-state index in [1.807, 2.05) is 0 Å². The maximum absolute atomic E-state index is 13.4. The molecule has 0 saturated carbocycles. The topological polar surface area (TPSA) is 39.2 Å². The maximum Gasteiger partial charge on any atom is 0.162 e. The van der Waals surface area contributed by atoms with Crippen LogP contribution in [-0.4, -0.2) is 0 Å². The third kappa shape index (κ3) is 2.53. The van der Waals surface area contributed by atoms with Crippen molar-refractivity contribution in [3.63, 3.8) is 0 Å². The molecule has 0 bridgehead atoms. The van der Waals surface area contributed by atoms with Crippen molar-refractivity contribution in [3.8, 4) is 0 Å².